The molecule has 166 valence electrons. The van der Waals surface area contributed by atoms with Crippen molar-refractivity contribution in [1.29, 1.82) is 0 Å². The molecule has 0 aromatic heterocycles. The number of hydrogen-bond acceptors (Lipinski definition) is 5. The zero-order chi connectivity index (χ0) is 22.8. The van der Waals surface area contributed by atoms with Gasteiger partial charge in [0.05, 0.1) is 0 Å². The van der Waals surface area contributed by atoms with Gasteiger partial charge in [0.1, 0.15) is 5.75 Å². The van der Waals surface area contributed by atoms with E-state index in [2.05, 4.69) is 19.2 Å². The predicted molar refractivity (Wildman–Crippen MR) is 119 cm³/mol. The summed E-state index contributed by atoms with van der Waals surface area (Å²) in [4.78, 5) is 35.0. The minimum atomic E-state index is -0.589. The summed E-state index contributed by atoms with van der Waals surface area (Å²) in [5, 5.41) is 2.75. The zero-order valence-corrected chi connectivity index (χ0v) is 18.7. The molecule has 0 fully saturated rings. The zero-order valence-electron chi connectivity index (χ0n) is 18.7. The molecule has 0 unspecified atom stereocenters. The van der Waals surface area contributed by atoms with E-state index < -0.39 is 5.97 Å². The summed E-state index contributed by atoms with van der Waals surface area (Å²) in [6, 6.07) is 12.9. The lowest BCUT2D eigenvalue weighted by Crippen LogP contribution is -2.21. The van der Waals surface area contributed by atoms with Crippen LogP contribution in [0.5, 0.6) is 5.75 Å². The number of ether oxygens (including phenoxy) is 2. The lowest BCUT2D eigenvalue weighted by atomic mass is 9.98. The Morgan fingerprint density at radius 2 is 1.71 bits per heavy atom. The fraction of sp³-hybridized carbons (Fsp3) is 0.400. The predicted octanol–water partition coefficient (Wildman–Crippen LogP) is 3.99. The van der Waals surface area contributed by atoms with Crippen LogP contribution in [0.1, 0.15) is 60.2 Å². The molecule has 2 aromatic carbocycles. The first-order valence-corrected chi connectivity index (χ1v) is 10.5. The number of esters is 1. The Morgan fingerprint density at radius 3 is 2.32 bits per heavy atom. The smallest absolute Gasteiger partial charge is 0.344 e. The van der Waals surface area contributed by atoms with Gasteiger partial charge < -0.3 is 14.8 Å². The average Bonchev–Trinajstić information content (AvgIpc) is 2.73. The third kappa shape index (κ3) is 8.24. The Hall–Kier alpha value is -3.15. The van der Waals surface area contributed by atoms with Gasteiger partial charge in [0.2, 0.25) is 5.91 Å². The summed E-state index contributed by atoms with van der Waals surface area (Å²) >= 11 is 0. The van der Waals surface area contributed by atoms with Crippen molar-refractivity contribution in [2.24, 2.45) is 0 Å². The Morgan fingerprint density at radius 1 is 1.00 bits per heavy atom. The van der Waals surface area contributed by atoms with Crippen molar-refractivity contribution in [2.45, 2.75) is 46.5 Å². The number of ketones is 1. The Kier molecular flexibility index (Phi) is 9.25. The van der Waals surface area contributed by atoms with Crippen LogP contribution in [-0.2, 0) is 20.7 Å². The molecule has 0 saturated heterocycles. The Labute approximate surface area is 183 Å². The van der Waals surface area contributed by atoms with E-state index in [1.165, 1.54) is 12.5 Å². The Balaban J connectivity index is 1.74. The third-order valence-corrected chi connectivity index (χ3v) is 4.88. The second-order valence-corrected chi connectivity index (χ2v) is 7.83. The van der Waals surface area contributed by atoms with Gasteiger partial charge in [-0.3, -0.25) is 9.59 Å². The molecule has 0 radical (unpaired) electrons. The minimum absolute atomic E-state index is 0.0416. The normalized spacial score (nSPS) is 10.6. The van der Waals surface area contributed by atoms with Crippen LogP contribution in [0.2, 0.25) is 0 Å². The summed E-state index contributed by atoms with van der Waals surface area (Å²) < 4.78 is 10.5. The van der Waals surface area contributed by atoms with Gasteiger partial charge in [-0.25, -0.2) is 4.79 Å². The quantitative estimate of drug-likeness (QED) is 0.334. The van der Waals surface area contributed by atoms with Crippen LogP contribution in [0, 0.1) is 6.92 Å². The SMILES string of the molecule is CC(=O)NCCCc1ccc(C(=O)COC(=O)COc2ccc(C(C)C)c(C)c2)cc1. The van der Waals surface area contributed by atoms with Crippen molar-refractivity contribution in [3.05, 3.63) is 64.7 Å². The Bertz CT molecular complexity index is 903. The molecule has 31 heavy (non-hydrogen) atoms. The summed E-state index contributed by atoms with van der Waals surface area (Å²) in [6.07, 6.45) is 1.63. The lowest BCUT2D eigenvalue weighted by Gasteiger charge is -2.12. The van der Waals surface area contributed by atoms with Crippen LogP contribution in [0.25, 0.3) is 0 Å². The third-order valence-electron chi connectivity index (χ3n) is 4.88. The second-order valence-electron chi connectivity index (χ2n) is 7.83. The van der Waals surface area contributed by atoms with Crippen LogP contribution >= 0.6 is 0 Å². The summed E-state index contributed by atoms with van der Waals surface area (Å²) in [5.74, 6) is 0.117. The lowest BCUT2D eigenvalue weighted by molar-refractivity contribution is -0.144. The van der Waals surface area contributed by atoms with E-state index in [-0.39, 0.29) is 24.9 Å². The van der Waals surface area contributed by atoms with Crippen LogP contribution < -0.4 is 10.1 Å². The minimum Gasteiger partial charge on any atom is -0.482 e. The van der Waals surface area contributed by atoms with E-state index in [0.29, 0.717) is 23.8 Å². The van der Waals surface area contributed by atoms with Gasteiger partial charge in [-0.1, -0.05) is 44.2 Å². The first-order chi connectivity index (χ1) is 14.8. The fourth-order valence-electron chi connectivity index (χ4n) is 3.21. The van der Waals surface area contributed by atoms with Gasteiger partial charge in [-0.05, 0) is 54.5 Å². The van der Waals surface area contributed by atoms with Crippen LogP contribution in [0.3, 0.4) is 0 Å². The van der Waals surface area contributed by atoms with Crippen molar-refractivity contribution < 1.29 is 23.9 Å². The average molecular weight is 426 g/mol. The first-order valence-electron chi connectivity index (χ1n) is 10.5. The van der Waals surface area contributed by atoms with E-state index in [0.717, 1.165) is 24.0 Å². The van der Waals surface area contributed by atoms with Crippen molar-refractivity contribution >= 4 is 17.7 Å². The van der Waals surface area contributed by atoms with E-state index in [4.69, 9.17) is 9.47 Å². The van der Waals surface area contributed by atoms with E-state index in [9.17, 15) is 14.4 Å². The van der Waals surface area contributed by atoms with E-state index >= 15 is 0 Å². The highest BCUT2D eigenvalue weighted by molar-refractivity contribution is 5.98. The molecule has 6 heteroatoms. The van der Waals surface area contributed by atoms with Gasteiger partial charge in [-0.2, -0.15) is 0 Å². The first kappa shape index (κ1) is 24.1. The number of hydrogen-bond donors (Lipinski definition) is 1. The molecule has 1 N–H and O–H groups in total. The maximum atomic E-state index is 12.3. The summed E-state index contributed by atoms with van der Waals surface area (Å²) in [5.41, 5.74) is 3.90. The molecule has 0 aliphatic carbocycles. The number of Topliss-reactive ketones (excluding diaryl/α,β-unsaturated/α-hetero) is 1. The highest BCUT2D eigenvalue weighted by Crippen LogP contribution is 2.23. The molecule has 6 nitrogen and oxygen atoms in total. The van der Waals surface area contributed by atoms with Crippen molar-refractivity contribution in [3.8, 4) is 5.75 Å². The molecule has 1 amide bonds. The molecule has 0 spiro atoms. The number of carbonyl (C=O) groups excluding carboxylic acids is 3. The molecule has 0 aliphatic rings. The standard InChI is InChI=1S/C25H31NO5/c1-17(2)23-12-11-22(14-18(23)3)30-16-25(29)31-15-24(28)21-9-7-20(8-10-21)6-5-13-26-19(4)27/h7-12,14,17H,5-6,13,15-16H2,1-4H3,(H,26,27). The fourth-order valence-corrected chi connectivity index (χ4v) is 3.21. The molecular formula is C25H31NO5. The van der Waals surface area contributed by atoms with Crippen molar-refractivity contribution in [3.63, 3.8) is 0 Å². The number of amides is 1. The number of nitrogens with one attached hydrogen (secondary N) is 1. The van der Waals surface area contributed by atoms with Crippen LogP contribution in [0.4, 0.5) is 0 Å². The molecule has 2 rings (SSSR count). The topological polar surface area (TPSA) is 81.7 Å². The number of benzene rings is 2. The summed E-state index contributed by atoms with van der Waals surface area (Å²) in [7, 11) is 0. The van der Waals surface area contributed by atoms with Crippen LogP contribution in [0.15, 0.2) is 42.5 Å². The van der Waals surface area contributed by atoms with Crippen LogP contribution in [-0.4, -0.2) is 37.4 Å². The highest BCUT2D eigenvalue weighted by Gasteiger charge is 2.12. The van der Waals surface area contributed by atoms with Gasteiger partial charge in [0, 0.05) is 19.0 Å². The molecule has 0 bridgehead atoms. The molecule has 0 saturated carbocycles. The van der Waals surface area contributed by atoms with Gasteiger partial charge >= 0.3 is 5.97 Å². The number of rotatable bonds is 11. The van der Waals surface area contributed by atoms with Crippen molar-refractivity contribution in [1.82, 2.24) is 5.32 Å². The second kappa shape index (κ2) is 11.9. The molecule has 0 atom stereocenters. The molecule has 0 aliphatic heterocycles. The molecule has 0 heterocycles. The highest BCUT2D eigenvalue weighted by atomic mass is 16.6. The summed E-state index contributed by atoms with van der Waals surface area (Å²) in [6.45, 7) is 7.79. The van der Waals surface area contributed by atoms with Crippen molar-refractivity contribution in [2.75, 3.05) is 19.8 Å². The number of aryl methyl sites for hydroxylation is 2. The number of carbonyl (C=O) groups is 3. The molecule has 2 aromatic rings. The van der Waals surface area contributed by atoms with Gasteiger partial charge in [-0.15, -0.1) is 0 Å². The largest absolute Gasteiger partial charge is 0.482 e. The monoisotopic (exact) mass is 425 g/mol. The van der Waals surface area contributed by atoms with E-state index in [1.54, 1.807) is 12.1 Å². The molecular weight excluding hydrogens is 394 g/mol. The van der Waals surface area contributed by atoms with E-state index in [1.807, 2.05) is 37.3 Å². The maximum absolute atomic E-state index is 12.3. The van der Waals surface area contributed by atoms with Gasteiger partial charge in [0.15, 0.2) is 19.0 Å². The van der Waals surface area contributed by atoms with Gasteiger partial charge in [0.25, 0.3) is 0 Å². The maximum Gasteiger partial charge on any atom is 0.344 e.